The second-order valence-electron chi connectivity index (χ2n) is 5.49. The van der Waals surface area contributed by atoms with E-state index in [-0.39, 0.29) is 0 Å². The minimum absolute atomic E-state index is 0.777. The van der Waals surface area contributed by atoms with Gasteiger partial charge < -0.3 is 10.5 Å². The van der Waals surface area contributed by atoms with Crippen molar-refractivity contribution in [3.8, 4) is 0 Å². The Morgan fingerprint density at radius 3 is 2.88 bits per heavy atom. The molecule has 0 radical (unpaired) electrons. The fraction of sp³-hybridized carbons (Fsp3) is 0.857. The van der Waals surface area contributed by atoms with Crippen molar-refractivity contribution >= 4 is 0 Å². The molecule has 0 aromatic carbocycles. The zero-order chi connectivity index (χ0) is 12.1. The van der Waals surface area contributed by atoms with Gasteiger partial charge in [-0.1, -0.05) is 12.5 Å². The van der Waals surface area contributed by atoms with Crippen LogP contribution in [0.1, 0.15) is 25.7 Å². The SMILES string of the molecule is COCC1=CCN(CC2CCCC2CN)CC1. The van der Waals surface area contributed by atoms with Gasteiger partial charge in [-0.15, -0.1) is 0 Å². The Morgan fingerprint density at radius 1 is 1.41 bits per heavy atom. The maximum atomic E-state index is 5.84. The molecule has 0 spiro atoms. The third-order valence-corrected chi connectivity index (χ3v) is 4.33. The maximum absolute atomic E-state index is 5.84. The van der Waals surface area contributed by atoms with Gasteiger partial charge in [0.15, 0.2) is 0 Å². The van der Waals surface area contributed by atoms with Crippen molar-refractivity contribution in [2.24, 2.45) is 17.6 Å². The van der Waals surface area contributed by atoms with Crippen molar-refractivity contribution < 1.29 is 4.74 Å². The molecule has 2 aliphatic rings. The van der Waals surface area contributed by atoms with E-state index < -0.39 is 0 Å². The molecule has 0 aromatic rings. The summed E-state index contributed by atoms with van der Waals surface area (Å²) in [7, 11) is 1.78. The van der Waals surface area contributed by atoms with Crippen LogP contribution < -0.4 is 5.73 Å². The van der Waals surface area contributed by atoms with Crippen LogP contribution in [0.25, 0.3) is 0 Å². The fourth-order valence-corrected chi connectivity index (χ4v) is 3.23. The second-order valence-corrected chi connectivity index (χ2v) is 5.49. The predicted octanol–water partition coefficient (Wildman–Crippen LogP) is 1.64. The van der Waals surface area contributed by atoms with E-state index in [4.69, 9.17) is 10.5 Å². The lowest BCUT2D eigenvalue weighted by molar-refractivity contribution is 0.195. The molecule has 0 saturated heterocycles. The molecule has 2 rings (SSSR count). The molecule has 0 amide bonds. The van der Waals surface area contributed by atoms with Crippen molar-refractivity contribution in [2.75, 3.05) is 39.9 Å². The topological polar surface area (TPSA) is 38.5 Å². The standard InChI is InChI=1S/C14H26N2O/c1-17-11-12-5-7-16(8-6-12)10-14-4-2-3-13(14)9-15/h5,13-14H,2-4,6-11,15H2,1H3. The van der Waals surface area contributed by atoms with E-state index in [1.807, 2.05) is 0 Å². The first-order valence-electron chi connectivity index (χ1n) is 6.92. The van der Waals surface area contributed by atoms with E-state index in [1.54, 1.807) is 7.11 Å². The number of hydrogen-bond acceptors (Lipinski definition) is 3. The Labute approximate surface area is 105 Å². The van der Waals surface area contributed by atoms with E-state index >= 15 is 0 Å². The van der Waals surface area contributed by atoms with Gasteiger partial charge in [0, 0.05) is 26.7 Å². The third kappa shape index (κ3) is 3.54. The number of rotatable bonds is 5. The predicted molar refractivity (Wildman–Crippen MR) is 70.9 cm³/mol. The van der Waals surface area contributed by atoms with E-state index in [0.29, 0.717) is 0 Å². The number of nitrogens with zero attached hydrogens (tertiary/aromatic N) is 1. The van der Waals surface area contributed by atoms with Crippen molar-refractivity contribution in [2.45, 2.75) is 25.7 Å². The molecule has 0 aromatic heterocycles. The van der Waals surface area contributed by atoms with E-state index in [2.05, 4.69) is 11.0 Å². The van der Waals surface area contributed by atoms with Gasteiger partial charge >= 0.3 is 0 Å². The van der Waals surface area contributed by atoms with Crippen LogP contribution in [0.2, 0.25) is 0 Å². The van der Waals surface area contributed by atoms with Crippen LogP contribution in [-0.4, -0.2) is 44.8 Å². The van der Waals surface area contributed by atoms with Gasteiger partial charge in [-0.2, -0.15) is 0 Å². The van der Waals surface area contributed by atoms with E-state index in [9.17, 15) is 0 Å². The molecule has 0 bridgehead atoms. The summed E-state index contributed by atoms with van der Waals surface area (Å²) < 4.78 is 5.18. The second kappa shape index (κ2) is 6.53. The zero-order valence-corrected chi connectivity index (χ0v) is 11.0. The highest BCUT2D eigenvalue weighted by Gasteiger charge is 2.27. The number of ether oxygens (including phenoxy) is 1. The molecule has 2 unspecified atom stereocenters. The molecule has 2 atom stereocenters. The van der Waals surface area contributed by atoms with Gasteiger partial charge in [0.25, 0.3) is 0 Å². The molecule has 1 fully saturated rings. The van der Waals surface area contributed by atoms with Crippen LogP contribution in [0.5, 0.6) is 0 Å². The van der Waals surface area contributed by atoms with Crippen molar-refractivity contribution in [1.82, 2.24) is 4.90 Å². The van der Waals surface area contributed by atoms with E-state index in [0.717, 1.165) is 31.5 Å². The Morgan fingerprint density at radius 2 is 2.24 bits per heavy atom. The molecule has 98 valence electrons. The highest BCUT2D eigenvalue weighted by molar-refractivity contribution is 5.07. The van der Waals surface area contributed by atoms with Crippen molar-refractivity contribution in [3.05, 3.63) is 11.6 Å². The molecule has 1 aliphatic carbocycles. The van der Waals surface area contributed by atoms with Gasteiger partial charge in [-0.05, 0) is 43.2 Å². The normalized spacial score (nSPS) is 30.6. The molecule has 1 aliphatic heterocycles. The fourth-order valence-electron chi connectivity index (χ4n) is 3.23. The first-order valence-corrected chi connectivity index (χ1v) is 6.92. The van der Waals surface area contributed by atoms with E-state index in [1.165, 1.54) is 44.3 Å². The Kier molecular flexibility index (Phi) is 5.01. The van der Waals surface area contributed by atoms with Crippen molar-refractivity contribution in [1.29, 1.82) is 0 Å². The summed E-state index contributed by atoms with van der Waals surface area (Å²) in [4.78, 5) is 2.58. The first-order chi connectivity index (χ1) is 8.33. The number of hydrogen-bond donors (Lipinski definition) is 1. The number of nitrogens with two attached hydrogens (primary N) is 1. The van der Waals surface area contributed by atoms with Gasteiger partial charge in [-0.3, -0.25) is 4.90 Å². The lowest BCUT2D eigenvalue weighted by Crippen LogP contribution is -2.36. The lowest BCUT2D eigenvalue weighted by atomic mass is 9.95. The summed E-state index contributed by atoms with van der Waals surface area (Å²) in [6.07, 6.45) is 7.63. The summed E-state index contributed by atoms with van der Waals surface area (Å²) in [5, 5.41) is 0. The molecule has 3 heteroatoms. The van der Waals surface area contributed by atoms with Crippen LogP contribution >= 0.6 is 0 Å². The Balaban J connectivity index is 1.77. The van der Waals surface area contributed by atoms with Crippen LogP contribution in [-0.2, 0) is 4.74 Å². The Bertz CT molecular complexity index is 265. The smallest absolute Gasteiger partial charge is 0.0673 e. The molecule has 1 heterocycles. The average molecular weight is 238 g/mol. The summed E-state index contributed by atoms with van der Waals surface area (Å²) >= 11 is 0. The van der Waals surface area contributed by atoms with Crippen LogP contribution in [0.3, 0.4) is 0 Å². The quantitative estimate of drug-likeness (QED) is 0.740. The highest BCUT2D eigenvalue weighted by atomic mass is 16.5. The summed E-state index contributed by atoms with van der Waals surface area (Å²) in [5.74, 6) is 1.62. The highest BCUT2D eigenvalue weighted by Crippen LogP contribution is 2.31. The molecular weight excluding hydrogens is 212 g/mol. The van der Waals surface area contributed by atoms with Crippen molar-refractivity contribution in [3.63, 3.8) is 0 Å². The molecule has 3 nitrogen and oxygen atoms in total. The van der Waals surface area contributed by atoms with Crippen LogP contribution in [0, 0.1) is 11.8 Å². The van der Waals surface area contributed by atoms with Gasteiger partial charge in [0.2, 0.25) is 0 Å². The van der Waals surface area contributed by atoms with Gasteiger partial charge in [-0.25, -0.2) is 0 Å². The minimum atomic E-state index is 0.777. The lowest BCUT2D eigenvalue weighted by Gasteiger charge is -2.30. The summed E-state index contributed by atoms with van der Waals surface area (Å²) in [6.45, 7) is 5.24. The molecular formula is C14H26N2O. The number of methoxy groups -OCH3 is 1. The maximum Gasteiger partial charge on any atom is 0.0673 e. The van der Waals surface area contributed by atoms with Crippen LogP contribution in [0.4, 0.5) is 0 Å². The molecule has 2 N–H and O–H groups in total. The Hall–Kier alpha value is -0.380. The molecule has 17 heavy (non-hydrogen) atoms. The zero-order valence-electron chi connectivity index (χ0n) is 11.0. The van der Waals surface area contributed by atoms with Gasteiger partial charge in [0.05, 0.1) is 6.61 Å². The third-order valence-electron chi connectivity index (χ3n) is 4.33. The monoisotopic (exact) mass is 238 g/mol. The first kappa shape index (κ1) is 13.1. The minimum Gasteiger partial charge on any atom is -0.380 e. The van der Waals surface area contributed by atoms with Crippen LogP contribution in [0.15, 0.2) is 11.6 Å². The van der Waals surface area contributed by atoms with Gasteiger partial charge in [0.1, 0.15) is 0 Å². The molecule has 1 saturated carbocycles. The summed E-state index contributed by atoms with van der Waals surface area (Å²) in [5.41, 5.74) is 7.31. The average Bonchev–Trinajstić information content (AvgIpc) is 2.79. The summed E-state index contributed by atoms with van der Waals surface area (Å²) in [6, 6.07) is 0. The largest absolute Gasteiger partial charge is 0.380 e.